The molecule has 230 valence electrons. The fraction of sp³-hybridized carbons (Fsp3) is 0.130. The Balaban J connectivity index is 1.22. The Labute approximate surface area is 282 Å². The van der Waals surface area contributed by atoms with Gasteiger partial charge in [0.05, 0.1) is 11.4 Å². The van der Waals surface area contributed by atoms with Crippen LogP contribution in [0, 0.1) is 0 Å². The summed E-state index contributed by atoms with van der Waals surface area (Å²) in [4.78, 5) is 10.6. The quantitative estimate of drug-likeness (QED) is 0.192. The molecule has 6 aromatic carbocycles. The maximum absolute atomic E-state index is 5.30. The van der Waals surface area contributed by atoms with Crippen molar-refractivity contribution in [1.82, 2.24) is 9.97 Å². The molecule has 0 amide bonds. The standard InChI is InChI=1S/C46H36N2/c1-4-15-32(16-5-1)33-25-27-35(28-26-33)43-31-42(34-17-6-2-7-18-34)47-45(48-43)38-20-9-8-19-36(38)37-22-14-24-41-44(37)39-21-10-11-23-40(39)46(41)29-12-3-13-30-46/h1-2,4-11,14-28,31H,3,12-13,29-30H2. The van der Waals surface area contributed by atoms with Crippen LogP contribution < -0.4 is 0 Å². The van der Waals surface area contributed by atoms with Crippen LogP contribution in [0.3, 0.4) is 0 Å². The highest BCUT2D eigenvalue weighted by molar-refractivity contribution is 5.96. The minimum absolute atomic E-state index is 0.109. The molecule has 0 saturated heterocycles. The Morgan fingerprint density at radius 2 is 0.875 bits per heavy atom. The van der Waals surface area contributed by atoms with E-state index in [4.69, 9.17) is 9.97 Å². The van der Waals surface area contributed by atoms with Gasteiger partial charge in [-0.3, -0.25) is 0 Å². The zero-order chi connectivity index (χ0) is 31.9. The second-order valence-electron chi connectivity index (χ2n) is 13.2. The van der Waals surface area contributed by atoms with Gasteiger partial charge < -0.3 is 0 Å². The van der Waals surface area contributed by atoms with Crippen LogP contribution in [0.25, 0.3) is 67.3 Å². The number of nitrogens with zero attached hydrogens (tertiary/aromatic N) is 2. The van der Waals surface area contributed by atoms with Gasteiger partial charge in [0, 0.05) is 22.1 Å². The van der Waals surface area contributed by atoms with E-state index in [1.165, 1.54) is 76.6 Å². The van der Waals surface area contributed by atoms with E-state index < -0.39 is 0 Å². The predicted molar refractivity (Wildman–Crippen MR) is 199 cm³/mol. The molecule has 0 N–H and O–H groups in total. The van der Waals surface area contributed by atoms with E-state index in [0.717, 1.165) is 33.9 Å². The molecule has 2 aliphatic rings. The van der Waals surface area contributed by atoms with Crippen LogP contribution in [0.15, 0.2) is 158 Å². The molecule has 9 rings (SSSR count). The third-order valence-corrected chi connectivity index (χ3v) is 10.5. The smallest absolute Gasteiger partial charge is 0.161 e. The predicted octanol–water partition coefficient (Wildman–Crippen LogP) is 12.0. The molecule has 0 bridgehead atoms. The zero-order valence-corrected chi connectivity index (χ0v) is 26.9. The average Bonchev–Trinajstić information content (AvgIpc) is 3.44. The lowest BCUT2D eigenvalue weighted by Crippen LogP contribution is -2.27. The molecule has 0 aliphatic heterocycles. The molecule has 0 atom stereocenters. The second-order valence-corrected chi connectivity index (χ2v) is 13.2. The number of benzene rings is 6. The number of rotatable bonds is 5. The van der Waals surface area contributed by atoms with Crippen LogP contribution in [-0.2, 0) is 5.41 Å². The van der Waals surface area contributed by atoms with E-state index >= 15 is 0 Å². The highest BCUT2D eigenvalue weighted by atomic mass is 14.9. The maximum atomic E-state index is 5.30. The lowest BCUT2D eigenvalue weighted by molar-refractivity contribution is 0.353. The minimum Gasteiger partial charge on any atom is -0.228 e. The molecule has 1 aromatic heterocycles. The monoisotopic (exact) mass is 616 g/mol. The van der Waals surface area contributed by atoms with Gasteiger partial charge in [-0.05, 0) is 63.4 Å². The van der Waals surface area contributed by atoms with Crippen LogP contribution in [0.5, 0.6) is 0 Å². The Bertz CT molecular complexity index is 2250. The molecule has 7 aromatic rings. The molecule has 2 heteroatoms. The van der Waals surface area contributed by atoms with E-state index in [-0.39, 0.29) is 5.41 Å². The lowest BCUT2D eigenvalue weighted by atomic mass is 9.67. The van der Waals surface area contributed by atoms with Gasteiger partial charge >= 0.3 is 0 Å². The summed E-state index contributed by atoms with van der Waals surface area (Å²) < 4.78 is 0. The molecule has 1 spiro atoms. The van der Waals surface area contributed by atoms with Crippen LogP contribution in [0.4, 0.5) is 0 Å². The van der Waals surface area contributed by atoms with Crippen molar-refractivity contribution in [3.63, 3.8) is 0 Å². The molecule has 0 unspecified atom stereocenters. The molecule has 2 aliphatic carbocycles. The van der Waals surface area contributed by atoms with E-state index in [0.29, 0.717) is 0 Å². The molecule has 0 radical (unpaired) electrons. The number of hydrogen-bond donors (Lipinski definition) is 0. The first-order chi connectivity index (χ1) is 23.8. The summed E-state index contributed by atoms with van der Waals surface area (Å²) in [5.74, 6) is 0.741. The van der Waals surface area contributed by atoms with E-state index in [2.05, 4.69) is 158 Å². The van der Waals surface area contributed by atoms with Gasteiger partial charge in [0.25, 0.3) is 0 Å². The fourth-order valence-corrected chi connectivity index (χ4v) is 8.27. The molecular formula is C46H36N2. The summed E-state index contributed by atoms with van der Waals surface area (Å²) in [5.41, 5.74) is 15.8. The zero-order valence-electron chi connectivity index (χ0n) is 26.9. The van der Waals surface area contributed by atoms with Gasteiger partial charge in [0.1, 0.15) is 0 Å². The third kappa shape index (κ3) is 4.79. The summed E-state index contributed by atoms with van der Waals surface area (Å²) in [7, 11) is 0. The van der Waals surface area contributed by atoms with Crippen molar-refractivity contribution in [3.8, 4) is 67.3 Å². The first-order valence-electron chi connectivity index (χ1n) is 17.2. The average molecular weight is 617 g/mol. The molecule has 48 heavy (non-hydrogen) atoms. The summed E-state index contributed by atoms with van der Waals surface area (Å²) in [6.45, 7) is 0. The molecular weight excluding hydrogens is 581 g/mol. The SMILES string of the molecule is c1ccc(-c2ccc(-c3cc(-c4ccccc4)nc(-c4ccccc4-c4cccc5c4-c4ccccc4C54CCCCC4)n3)cc2)cc1. The van der Waals surface area contributed by atoms with Crippen LogP contribution in [0.2, 0.25) is 0 Å². The molecule has 1 fully saturated rings. The topological polar surface area (TPSA) is 25.8 Å². The first kappa shape index (κ1) is 28.6. The van der Waals surface area contributed by atoms with Crippen molar-refractivity contribution in [1.29, 1.82) is 0 Å². The Kier molecular flexibility index (Phi) is 7.08. The van der Waals surface area contributed by atoms with Gasteiger partial charge in [-0.25, -0.2) is 9.97 Å². The maximum Gasteiger partial charge on any atom is 0.161 e. The van der Waals surface area contributed by atoms with E-state index in [1.807, 2.05) is 0 Å². The van der Waals surface area contributed by atoms with E-state index in [1.54, 1.807) is 0 Å². The second kappa shape index (κ2) is 11.9. The van der Waals surface area contributed by atoms with Gasteiger partial charge in [0.2, 0.25) is 0 Å². The highest BCUT2D eigenvalue weighted by Crippen LogP contribution is 2.58. The molecule has 2 nitrogen and oxygen atoms in total. The largest absolute Gasteiger partial charge is 0.228 e. The molecule has 1 heterocycles. The van der Waals surface area contributed by atoms with Crippen molar-refractivity contribution in [2.24, 2.45) is 0 Å². The van der Waals surface area contributed by atoms with Gasteiger partial charge in [-0.15, -0.1) is 0 Å². The Morgan fingerprint density at radius 3 is 1.58 bits per heavy atom. The van der Waals surface area contributed by atoms with Crippen molar-refractivity contribution >= 4 is 0 Å². The van der Waals surface area contributed by atoms with Crippen molar-refractivity contribution in [3.05, 3.63) is 169 Å². The third-order valence-electron chi connectivity index (χ3n) is 10.5. The van der Waals surface area contributed by atoms with Gasteiger partial charge in [-0.2, -0.15) is 0 Å². The normalized spacial score (nSPS) is 14.4. The molecule has 1 saturated carbocycles. The number of aromatic nitrogens is 2. The van der Waals surface area contributed by atoms with Crippen molar-refractivity contribution in [2.45, 2.75) is 37.5 Å². The Morgan fingerprint density at radius 1 is 0.375 bits per heavy atom. The number of fused-ring (bicyclic) bond motifs is 5. The van der Waals surface area contributed by atoms with Gasteiger partial charge in [-0.1, -0.05) is 171 Å². The van der Waals surface area contributed by atoms with Crippen LogP contribution >= 0.6 is 0 Å². The van der Waals surface area contributed by atoms with Crippen LogP contribution in [-0.4, -0.2) is 9.97 Å². The van der Waals surface area contributed by atoms with E-state index in [9.17, 15) is 0 Å². The summed E-state index contributed by atoms with van der Waals surface area (Å²) >= 11 is 0. The number of hydrogen-bond acceptors (Lipinski definition) is 2. The summed E-state index contributed by atoms with van der Waals surface area (Å²) in [6.07, 6.45) is 6.33. The first-order valence-corrected chi connectivity index (χ1v) is 17.2. The van der Waals surface area contributed by atoms with Gasteiger partial charge in [0.15, 0.2) is 5.82 Å². The minimum atomic E-state index is 0.109. The summed E-state index contributed by atoms with van der Waals surface area (Å²) in [6, 6.07) is 56.7. The van der Waals surface area contributed by atoms with Crippen LogP contribution in [0.1, 0.15) is 43.2 Å². The lowest BCUT2D eigenvalue weighted by Gasteiger charge is -2.36. The summed E-state index contributed by atoms with van der Waals surface area (Å²) in [5, 5.41) is 0. The van der Waals surface area contributed by atoms with Crippen molar-refractivity contribution in [2.75, 3.05) is 0 Å². The Hall–Kier alpha value is -5.60. The fourth-order valence-electron chi connectivity index (χ4n) is 8.27. The van der Waals surface area contributed by atoms with Crippen molar-refractivity contribution < 1.29 is 0 Å². The highest BCUT2D eigenvalue weighted by Gasteiger charge is 2.44.